The third-order valence-electron chi connectivity index (χ3n) is 4.85. The van der Waals surface area contributed by atoms with Crippen LogP contribution in [0.2, 0.25) is 0 Å². The van der Waals surface area contributed by atoms with Crippen LogP contribution in [0, 0.1) is 6.92 Å². The molecule has 4 rings (SSSR count). The van der Waals surface area contributed by atoms with Crippen molar-refractivity contribution in [1.29, 1.82) is 0 Å². The summed E-state index contributed by atoms with van der Waals surface area (Å²) in [7, 11) is 0. The molecular weight excluding hydrogens is 356 g/mol. The summed E-state index contributed by atoms with van der Waals surface area (Å²) in [5.74, 6) is -0.116. The van der Waals surface area contributed by atoms with Gasteiger partial charge < -0.3 is 15.0 Å². The Morgan fingerprint density at radius 3 is 2.61 bits per heavy atom. The van der Waals surface area contributed by atoms with Crippen molar-refractivity contribution in [2.75, 3.05) is 31.6 Å². The molecule has 144 valence electrons. The number of ether oxygens (including phenoxy) is 1. The van der Waals surface area contributed by atoms with Crippen molar-refractivity contribution in [3.8, 4) is 0 Å². The Morgan fingerprint density at radius 1 is 1.11 bits per heavy atom. The van der Waals surface area contributed by atoms with Crippen LogP contribution < -0.4 is 5.32 Å². The number of aromatic nitrogens is 2. The molecule has 2 amide bonds. The van der Waals surface area contributed by atoms with Crippen LogP contribution in [0.15, 0.2) is 48.7 Å². The number of carbonyl (C=O) groups excluding carboxylic acids is 2. The molecule has 7 nitrogen and oxygen atoms in total. The number of hydrogen-bond acceptors (Lipinski definition) is 4. The third kappa shape index (κ3) is 3.75. The lowest BCUT2D eigenvalue weighted by Gasteiger charge is -2.26. The van der Waals surface area contributed by atoms with Crippen LogP contribution in [0.25, 0.3) is 5.65 Å². The highest BCUT2D eigenvalue weighted by molar-refractivity contribution is 6.04. The van der Waals surface area contributed by atoms with E-state index in [4.69, 9.17) is 4.74 Å². The van der Waals surface area contributed by atoms with E-state index in [1.165, 1.54) is 0 Å². The molecule has 1 aliphatic rings. The van der Waals surface area contributed by atoms with E-state index < -0.39 is 0 Å². The van der Waals surface area contributed by atoms with Gasteiger partial charge in [-0.05, 0) is 36.8 Å². The standard InChI is InChI=1S/C21H22N4O3/c1-15-20(25-9-3-2-4-18(25)22-15)21(27)23-17-7-5-16(6-8-17)14-19(26)24-10-12-28-13-11-24/h2-9H,10-14H2,1H3,(H,23,27). The van der Waals surface area contributed by atoms with Gasteiger partial charge in [0.15, 0.2) is 0 Å². The molecule has 0 spiro atoms. The van der Waals surface area contributed by atoms with E-state index in [1.54, 1.807) is 4.40 Å². The van der Waals surface area contributed by atoms with Gasteiger partial charge in [0.1, 0.15) is 11.3 Å². The number of carbonyl (C=O) groups is 2. The Kier molecular flexibility index (Phi) is 5.08. The minimum Gasteiger partial charge on any atom is -0.378 e. The number of morpholine rings is 1. The number of nitrogens with zero attached hydrogens (tertiary/aromatic N) is 3. The molecule has 0 atom stereocenters. The Morgan fingerprint density at radius 2 is 1.86 bits per heavy atom. The molecule has 3 aromatic rings. The minimum absolute atomic E-state index is 0.0986. The number of aryl methyl sites for hydroxylation is 1. The first-order valence-corrected chi connectivity index (χ1v) is 9.31. The van der Waals surface area contributed by atoms with Gasteiger partial charge in [-0.1, -0.05) is 18.2 Å². The second-order valence-electron chi connectivity index (χ2n) is 6.80. The zero-order chi connectivity index (χ0) is 19.5. The molecule has 2 aromatic heterocycles. The van der Waals surface area contributed by atoms with Gasteiger partial charge in [0.25, 0.3) is 5.91 Å². The summed E-state index contributed by atoms with van der Waals surface area (Å²) < 4.78 is 7.06. The quantitative estimate of drug-likeness (QED) is 0.756. The Hall–Kier alpha value is -3.19. The zero-order valence-corrected chi connectivity index (χ0v) is 15.7. The van der Waals surface area contributed by atoms with Crippen molar-refractivity contribution < 1.29 is 14.3 Å². The number of fused-ring (bicyclic) bond motifs is 1. The van der Waals surface area contributed by atoms with E-state index in [9.17, 15) is 9.59 Å². The first-order valence-electron chi connectivity index (χ1n) is 9.31. The van der Waals surface area contributed by atoms with Gasteiger partial charge in [0.05, 0.1) is 25.3 Å². The largest absolute Gasteiger partial charge is 0.378 e. The smallest absolute Gasteiger partial charge is 0.274 e. The number of amides is 2. The topological polar surface area (TPSA) is 75.9 Å². The van der Waals surface area contributed by atoms with Crippen molar-refractivity contribution in [3.05, 3.63) is 65.6 Å². The lowest BCUT2D eigenvalue weighted by Crippen LogP contribution is -2.41. The van der Waals surface area contributed by atoms with Crippen molar-refractivity contribution in [2.45, 2.75) is 13.3 Å². The van der Waals surface area contributed by atoms with Crippen molar-refractivity contribution >= 4 is 23.1 Å². The fourth-order valence-corrected chi connectivity index (χ4v) is 3.38. The lowest BCUT2D eigenvalue weighted by atomic mass is 10.1. The molecule has 3 heterocycles. The number of rotatable bonds is 4. The van der Waals surface area contributed by atoms with Gasteiger partial charge in [-0.3, -0.25) is 14.0 Å². The fraction of sp³-hybridized carbons (Fsp3) is 0.286. The summed E-state index contributed by atoms with van der Waals surface area (Å²) >= 11 is 0. The lowest BCUT2D eigenvalue weighted by molar-refractivity contribution is -0.134. The van der Waals surface area contributed by atoms with Gasteiger partial charge in [0, 0.05) is 25.0 Å². The Labute approximate surface area is 162 Å². The minimum atomic E-state index is -0.214. The van der Waals surface area contributed by atoms with Crippen LogP contribution >= 0.6 is 0 Å². The number of hydrogen-bond donors (Lipinski definition) is 1. The maximum absolute atomic E-state index is 12.7. The summed E-state index contributed by atoms with van der Waals surface area (Å²) in [6.07, 6.45) is 2.17. The highest BCUT2D eigenvalue weighted by Crippen LogP contribution is 2.16. The summed E-state index contributed by atoms with van der Waals surface area (Å²) in [4.78, 5) is 31.3. The monoisotopic (exact) mass is 378 g/mol. The van der Waals surface area contributed by atoms with Crippen LogP contribution in [0.3, 0.4) is 0 Å². The number of benzene rings is 1. The number of nitrogens with one attached hydrogen (secondary N) is 1. The summed E-state index contributed by atoms with van der Waals surface area (Å²) in [6.45, 7) is 4.30. The second-order valence-corrected chi connectivity index (χ2v) is 6.80. The molecule has 1 N–H and O–H groups in total. The van der Waals surface area contributed by atoms with Crippen LogP contribution in [0.1, 0.15) is 21.7 Å². The first kappa shape index (κ1) is 18.2. The highest BCUT2D eigenvalue weighted by Gasteiger charge is 2.18. The third-order valence-corrected chi connectivity index (χ3v) is 4.85. The SMILES string of the molecule is Cc1nc2ccccn2c1C(=O)Nc1ccc(CC(=O)N2CCOCC2)cc1. The van der Waals surface area contributed by atoms with E-state index in [0.29, 0.717) is 49.8 Å². The van der Waals surface area contributed by atoms with E-state index in [-0.39, 0.29) is 11.8 Å². The number of pyridine rings is 1. The molecule has 0 unspecified atom stereocenters. The zero-order valence-electron chi connectivity index (χ0n) is 15.7. The van der Waals surface area contributed by atoms with Gasteiger partial charge in [-0.2, -0.15) is 0 Å². The molecule has 1 aliphatic heterocycles. The van der Waals surface area contributed by atoms with Gasteiger partial charge in [0.2, 0.25) is 5.91 Å². The summed E-state index contributed by atoms with van der Waals surface area (Å²) in [5, 5.41) is 2.91. The molecule has 1 aromatic carbocycles. The van der Waals surface area contributed by atoms with E-state index in [2.05, 4.69) is 10.3 Å². The van der Waals surface area contributed by atoms with Gasteiger partial charge in [-0.15, -0.1) is 0 Å². The maximum atomic E-state index is 12.7. The summed E-state index contributed by atoms with van der Waals surface area (Å²) in [6, 6.07) is 13.0. The van der Waals surface area contributed by atoms with Crippen LogP contribution in [-0.2, 0) is 16.0 Å². The Balaban J connectivity index is 1.43. The normalized spacial score (nSPS) is 14.2. The number of anilines is 1. The van der Waals surface area contributed by atoms with E-state index in [0.717, 1.165) is 11.2 Å². The number of imidazole rings is 1. The van der Waals surface area contributed by atoms with Crippen LogP contribution in [-0.4, -0.2) is 52.4 Å². The Bertz CT molecular complexity index is 1000. The van der Waals surface area contributed by atoms with Crippen molar-refractivity contribution in [2.24, 2.45) is 0 Å². The molecule has 0 bridgehead atoms. The van der Waals surface area contributed by atoms with Crippen molar-refractivity contribution in [3.63, 3.8) is 0 Å². The molecule has 1 fully saturated rings. The average Bonchev–Trinajstić information content (AvgIpc) is 3.06. The van der Waals surface area contributed by atoms with Crippen LogP contribution in [0.5, 0.6) is 0 Å². The molecular formula is C21H22N4O3. The fourth-order valence-electron chi connectivity index (χ4n) is 3.38. The van der Waals surface area contributed by atoms with Gasteiger partial charge >= 0.3 is 0 Å². The predicted octanol–water partition coefficient (Wildman–Crippen LogP) is 2.30. The average molecular weight is 378 g/mol. The highest BCUT2D eigenvalue weighted by atomic mass is 16.5. The predicted molar refractivity (Wildman–Crippen MR) is 105 cm³/mol. The molecule has 1 saturated heterocycles. The van der Waals surface area contributed by atoms with Crippen LogP contribution in [0.4, 0.5) is 5.69 Å². The maximum Gasteiger partial charge on any atom is 0.274 e. The molecule has 28 heavy (non-hydrogen) atoms. The molecule has 0 radical (unpaired) electrons. The van der Waals surface area contributed by atoms with Gasteiger partial charge in [-0.25, -0.2) is 4.98 Å². The van der Waals surface area contributed by atoms with Crippen molar-refractivity contribution in [1.82, 2.24) is 14.3 Å². The van der Waals surface area contributed by atoms with E-state index in [1.807, 2.05) is 60.5 Å². The molecule has 7 heteroatoms. The summed E-state index contributed by atoms with van der Waals surface area (Å²) in [5.41, 5.74) is 3.53. The van der Waals surface area contributed by atoms with E-state index >= 15 is 0 Å². The molecule has 0 saturated carbocycles. The molecule has 0 aliphatic carbocycles. The second kappa shape index (κ2) is 7.82. The first-order chi connectivity index (χ1) is 13.6.